The maximum absolute atomic E-state index is 13.8. The topological polar surface area (TPSA) is 54.7 Å². The molecule has 0 fully saturated rings. The third-order valence-electron chi connectivity index (χ3n) is 3.49. The molecule has 0 amide bonds. The van der Waals surface area contributed by atoms with Gasteiger partial charge in [0.2, 0.25) is 0 Å². The average Bonchev–Trinajstić information content (AvgIpc) is 2.89. The van der Waals surface area contributed by atoms with Crippen LogP contribution in [0, 0.1) is 23.5 Å². The van der Waals surface area contributed by atoms with E-state index in [0.717, 1.165) is 18.3 Å². The van der Waals surface area contributed by atoms with Gasteiger partial charge in [0.25, 0.3) is 0 Å². The second-order valence-electron chi connectivity index (χ2n) is 5.78. The maximum atomic E-state index is 13.8. The molecule has 0 spiro atoms. The van der Waals surface area contributed by atoms with Crippen LogP contribution in [0.4, 0.5) is 8.78 Å². The summed E-state index contributed by atoms with van der Waals surface area (Å²) in [6, 6.07) is 4.11. The predicted molar refractivity (Wildman–Crippen MR) is 79.6 cm³/mol. The van der Waals surface area contributed by atoms with Crippen LogP contribution in [0.5, 0.6) is 0 Å². The van der Waals surface area contributed by atoms with E-state index in [1.807, 2.05) is 0 Å². The minimum atomic E-state index is -0.858. The minimum Gasteiger partial charge on any atom is -0.342 e. The van der Waals surface area contributed by atoms with Crippen LogP contribution in [0.3, 0.4) is 0 Å². The van der Waals surface area contributed by atoms with E-state index in [1.54, 1.807) is 0 Å². The predicted octanol–water partition coefficient (Wildman–Crippen LogP) is 3.52. The second-order valence-corrected chi connectivity index (χ2v) is 5.78. The van der Waals surface area contributed by atoms with Crippen LogP contribution >= 0.6 is 0 Å². The number of aromatic amines is 1. The maximum Gasteiger partial charge on any atom is 0.168 e. The van der Waals surface area contributed by atoms with Crippen molar-refractivity contribution >= 4 is 0 Å². The zero-order chi connectivity index (χ0) is 15.4. The number of rotatable bonds is 6. The Balaban J connectivity index is 2.16. The fourth-order valence-corrected chi connectivity index (χ4v) is 2.52. The lowest BCUT2D eigenvalue weighted by atomic mass is 9.94. The first kappa shape index (κ1) is 15.6. The smallest absolute Gasteiger partial charge is 0.168 e. The SMILES string of the molecule is CC(C)CC(CN)Cc1ncc(-c2cccc(F)c2F)[nH]1. The van der Waals surface area contributed by atoms with Gasteiger partial charge in [0.05, 0.1) is 11.9 Å². The van der Waals surface area contributed by atoms with Gasteiger partial charge in [0, 0.05) is 12.0 Å². The summed E-state index contributed by atoms with van der Waals surface area (Å²) >= 11 is 0. The van der Waals surface area contributed by atoms with Crippen molar-refractivity contribution in [2.45, 2.75) is 26.7 Å². The van der Waals surface area contributed by atoms with Crippen molar-refractivity contribution < 1.29 is 8.78 Å². The van der Waals surface area contributed by atoms with Gasteiger partial charge < -0.3 is 10.7 Å². The highest BCUT2D eigenvalue weighted by molar-refractivity contribution is 5.59. The Morgan fingerprint density at radius 1 is 1.29 bits per heavy atom. The molecule has 1 aromatic carbocycles. The van der Waals surface area contributed by atoms with Gasteiger partial charge in [-0.05, 0) is 36.9 Å². The molecule has 1 unspecified atom stereocenters. The highest BCUT2D eigenvalue weighted by Gasteiger charge is 2.15. The Morgan fingerprint density at radius 2 is 2.05 bits per heavy atom. The molecule has 0 radical (unpaired) electrons. The number of halogens is 2. The molecule has 2 aromatic rings. The molecule has 0 saturated carbocycles. The van der Waals surface area contributed by atoms with Crippen molar-refractivity contribution in [3.63, 3.8) is 0 Å². The number of H-pyrrole nitrogens is 1. The van der Waals surface area contributed by atoms with Crippen LogP contribution in [0.15, 0.2) is 24.4 Å². The van der Waals surface area contributed by atoms with E-state index in [0.29, 0.717) is 30.5 Å². The van der Waals surface area contributed by atoms with E-state index < -0.39 is 11.6 Å². The van der Waals surface area contributed by atoms with Crippen LogP contribution in [0.2, 0.25) is 0 Å². The third-order valence-corrected chi connectivity index (χ3v) is 3.49. The van der Waals surface area contributed by atoms with Crippen molar-refractivity contribution in [2.24, 2.45) is 17.6 Å². The van der Waals surface area contributed by atoms with Crippen molar-refractivity contribution in [2.75, 3.05) is 6.54 Å². The normalized spacial score (nSPS) is 12.9. The van der Waals surface area contributed by atoms with Crippen molar-refractivity contribution in [3.8, 4) is 11.3 Å². The van der Waals surface area contributed by atoms with Gasteiger partial charge in [0.15, 0.2) is 11.6 Å². The molecule has 21 heavy (non-hydrogen) atoms. The van der Waals surface area contributed by atoms with E-state index in [9.17, 15) is 8.78 Å². The summed E-state index contributed by atoms with van der Waals surface area (Å²) in [7, 11) is 0. The van der Waals surface area contributed by atoms with Crippen molar-refractivity contribution in [1.82, 2.24) is 9.97 Å². The summed E-state index contributed by atoms with van der Waals surface area (Å²) in [5.74, 6) is -0.0617. The number of nitrogens with zero attached hydrogens (tertiary/aromatic N) is 1. The summed E-state index contributed by atoms with van der Waals surface area (Å²) in [5, 5.41) is 0. The molecule has 0 aliphatic carbocycles. The molecule has 0 bridgehead atoms. The van der Waals surface area contributed by atoms with E-state index in [2.05, 4.69) is 23.8 Å². The first-order valence-electron chi connectivity index (χ1n) is 7.19. The molecule has 3 N–H and O–H groups in total. The third kappa shape index (κ3) is 3.88. The molecule has 0 aliphatic heterocycles. The zero-order valence-electron chi connectivity index (χ0n) is 12.4. The Bertz CT molecular complexity index is 593. The summed E-state index contributed by atoms with van der Waals surface area (Å²) in [6.45, 7) is 4.89. The fraction of sp³-hybridized carbons (Fsp3) is 0.438. The van der Waals surface area contributed by atoms with Crippen LogP contribution in [-0.2, 0) is 6.42 Å². The molecule has 1 atom stereocenters. The van der Waals surface area contributed by atoms with Crippen LogP contribution in [-0.4, -0.2) is 16.5 Å². The van der Waals surface area contributed by atoms with Crippen molar-refractivity contribution in [1.29, 1.82) is 0 Å². The van der Waals surface area contributed by atoms with Gasteiger partial charge in [0.1, 0.15) is 5.82 Å². The number of imidazole rings is 1. The highest BCUT2D eigenvalue weighted by atomic mass is 19.2. The Kier molecular flexibility index (Phi) is 5.07. The molecular weight excluding hydrogens is 272 g/mol. The van der Waals surface area contributed by atoms with Gasteiger partial charge in [-0.15, -0.1) is 0 Å². The van der Waals surface area contributed by atoms with E-state index in [1.165, 1.54) is 18.3 Å². The fourth-order valence-electron chi connectivity index (χ4n) is 2.52. The van der Waals surface area contributed by atoms with Gasteiger partial charge in [-0.3, -0.25) is 0 Å². The summed E-state index contributed by atoms with van der Waals surface area (Å²) in [6.07, 6.45) is 3.27. The molecule has 2 rings (SSSR count). The lowest BCUT2D eigenvalue weighted by Crippen LogP contribution is -2.19. The van der Waals surface area contributed by atoms with Crippen LogP contribution in [0.25, 0.3) is 11.3 Å². The summed E-state index contributed by atoms with van der Waals surface area (Å²) < 4.78 is 27.0. The Labute approximate surface area is 123 Å². The Morgan fingerprint density at radius 3 is 2.71 bits per heavy atom. The van der Waals surface area contributed by atoms with E-state index >= 15 is 0 Å². The lowest BCUT2D eigenvalue weighted by Gasteiger charge is -2.15. The summed E-state index contributed by atoms with van der Waals surface area (Å²) in [4.78, 5) is 7.32. The number of hydrogen-bond acceptors (Lipinski definition) is 2. The number of benzene rings is 1. The van der Waals surface area contributed by atoms with Gasteiger partial charge in [-0.1, -0.05) is 19.9 Å². The molecular formula is C16H21F2N3. The monoisotopic (exact) mass is 293 g/mol. The number of hydrogen-bond donors (Lipinski definition) is 2. The molecule has 114 valence electrons. The quantitative estimate of drug-likeness (QED) is 0.856. The first-order valence-corrected chi connectivity index (χ1v) is 7.19. The second kappa shape index (κ2) is 6.80. The summed E-state index contributed by atoms with van der Waals surface area (Å²) in [5.41, 5.74) is 6.46. The largest absolute Gasteiger partial charge is 0.342 e. The highest BCUT2D eigenvalue weighted by Crippen LogP contribution is 2.23. The minimum absolute atomic E-state index is 0.196. The standard InChI is InChI=1S/C16H21F2N3/c1-10(2)6-11(8-19)7-15-20-9-14(21-15)12-4-3-5-13(17)16(12)18/h3-5,9-11H,6-8,19H2,1-2H3,(H,20,21). The first-order chi connectivity index (χ1) is 10.0. The van der Waals surface area contributed by atoms with Crippen molar-refractivity contribution in [3.05, 3.63) is 41.9 Å². The molecule has 0 saturated heterocycles. The van der Waals surface area contributed by atoms with Gasteiger partial charge in [-0.25, -0.2) is 13.8 Å². The number of nitrogens with one attached hydrogen (secondary N) is 1. The molecule has 5 heteroatoms. The molecule has 1 aromatic heterocycles. The van der Waals surface area contributed by atoms with E-state index in [-0.39, 0.29) is 5.56 Å². The van der Waals surface area contributed by atoms with Gasteiger partial charge in [-0.2, -0.15) is 0 Å². The zero-order valence-corrected chi connectivity index (χ0v) is 12.4. The molecule has 1 heterocycles. The average molecular weight is 293 g/mol. The molecule has 3 nitrogen and oxygen atoms in total. The Hall–Kier alpha value is -1.75. The molecule has 0 aliphatic rings. The van der Waals surface area contributed by atoms with Crippen LogP contribution < -0.4 is 5.73 Å². The van der Waals surface area contributed by atoms with Gasteiger partial charge >= 0.3 is 0 Å². The van der Waals surface area contributed by atoms with E-state index in [4.69, 9.17) is 5.73 Å². The number of nitrogens with two attached hydrogens (primary N) is 1. The lowest BCUT2D eigenvalue weighted by molar-refractivity contribution is 0.409. The van der Waals surface area contributed by atoms with Crippen LogP contribution in [0.1, 0.15) is 26.1 Å². The number of aromatic nitrogens is 2.